The average Bonchev–Trinajstić information content (AvgIpc) is 3.68. The van der Waals surface area contributed by atoms with Crippen molar-refractivity contribution in [2.45, 2.75) is 0 Å². The van der Waals surface area contributed by atoms with Gasteiger partial charge in [-0.05, 0) is 109 Å². The van der Waals surface area contributed by atoms with E-state index in [2.05, 4.69) is 252 Å². The zero-order valence-corrected chi connectivity index (χ0v) is 34.0. The maximum Gasteiger partial charge on any atom is 0.0541 e. The van der Waals surface area contributed by atoms with E-state index < -0.39 is 0 Å². The molecular formula is C60H40N2. The molecule has 0 aliphatic heterocycles. The van der Waals surface area contributed by atoms with Gasteiger partial charge in [0.25, 0.3) is 0 Å². The molecule has 0 amide bonds. The van der Waals surface area contributed by atoms with Gasteiger partial charge in [-0.25, -0.2) is 0 Å². The lowest BCUT2D eigenvalue weighted by Gasteiger charge is -2.30. The first-order valence-corrected chi connectivity index (χ1v) is 21.3. The van der Waals surface area contributed by atoms with E-state index in [0.717, 1.165) is 33.9 Å². The highest BCUT2D eigenvalue weighted by Gasteiger charge is 2.22. The van der Waals surface area contributed by atoms with Gasteiger partial charge in [0, 0.05) is 33.1 Å². The van der Waals surface area contributed by atoms with Crippen LogP contribution in [0.15, 0.2) is 243 Å². The molecule has 0 radical (unpaired) electrons. The van der Waals surface area contributed by atoms with Gasteiger partial charge in [0.05, 0.1) is 22.4 Å². The molecule has 0 aliphatic carbocycles. The predicted octanol–water partition coefficient (Wildman–Crippen LogP) is 16.7. The summed E-state index contributed by atoms with van der Waals surface area (Å²) in [5, 5.41) is 9.85. The summed E-state index contributed by atoms with van der Waals surface area (Å²) in [7, 11) is 0. The fourth-order valence-corrected chi connectivity index (χ4v) is 9.70. The molecular weight excluding hydrogens is 749 g/mol. The Bertz CT molecular complexity index is 3610. The standard InChI is InChI=1S/C60H40N2/c1-2-18-43-38-46(35-34-41(43)16-1)50-36-37-60(54-26-6-5-25-51(50)54)62(57-31-10-7-27-53(57)52-30-15-19-42-17-3-4-24-49(42)52)48-23-14-21-45(40-48)44-20-13-22-47(39-44)61-58-32-11-8-28-55(58)56-29-9-12-33-59(56)61/h1-40H. The first-order chi connectivity index (χ1) is 30.8. The van der Waals surface area contributed by atoms with Crippen molar-refractivity contribution in [3.05, 3.63) is 243 Å². The molecule has 0 fully saturated rings. The minimum atomic E-state index is 1.08. The van der Waals surface area contributed by atoms with Crippen LogP contribution in [-0.2, 0) is 0 Å². The minimum Gasteiger partial charge on any atom is -0.309 e. The molecule has 11 aromatic carbocycles. The number of aromatic nitrogens is 1. The maximum absolute atomic E-state index is 2.48. The van der Waals surface area contributed by atoms with Crippen molar-refractivity contribution >= 4 is 71.2 Å². The zero-order chi connectivity index (χ0) is 41.0. The Morgan fingerprint density at radius 3 is 1.66 bits per heavy atom. The van der Waals surface area contributed by atoms with Crippen LogP contribution in [0, 0.1) is 0 Å². The van der Waals surface area contributed by atoms with Crippen molar-refractivity contribution in [1.29, 1.82) is 0 Å². The lowest BCUT2D eigenvalue weighted by Crippen LogP contribution is -2.12. The Morgan fingerprint density at radius 1 is 0.274 bits per heavy atom. The number of hydrogen-bond donors (Lipinski definition) is 0. The van der Waals surface area contributed by atoms with Crippen LogP contribution in [0.25, 0.3) is 93.2 Å². The summed E-state index contributed by atoms with van der Waals surface area (Å²) in [5.74, 6) is 0. The Morgan fingerprint density at radius 2 is 0.855 bits per heavy atom. The molecule has 0 spiro atoms. The Labute approximate surface area is 360 Å². The zero-order valence-electron chi connectivity index (χ0n) is 34.0. The minimum absolute atomic E-state index is 1.08. The van der Waals surface area contributed by atoms with Crippen LogP contribution in [0.5, 0.6) is 0 Å². The molecule has 0 atom stereocenters. The topological polar surface area (TPSA) is 8.17 Å². The molecule has 0 unspecified atom stereocenters. The first kappa shape index (κ1) is 35.7. The third kappa shape index (κ3) is 5.96. The molecule has 1 aromatic heterocycles. The molecule has 2 nitrogen and oxygen atoms in total. The number of rotatable bonds is 7. The van der Waals surface area contributed by atoms with Gasteiger partial charge in [0.15, 0.2) is 0 Å². The SMILES string of the molecule is c1cc(-c2cccc(-n3c4ccccc4c4ccccc43)c2)cc(N(c2ccccc2-c2cccc3ccccc23)c2ccc(-c3ccc4ccccc4c3)c3ccccc23)c1. The molecule has 0 saturated heterocycles. The van der Waals surface area contributed by atoms with E-state index in [-0.39, 0.29) is 0 Å². The third-order valence-electron chi connectivity index (χ3n) is 12.5. The third-order valence-corrected chi connectivity index (χ3v) is 12.5. The molecule has 0 aliphatic rings. The Kier molecular flexibility index (Phi) is 8.53. The van der Waals surface area contributed by atoms with Crippen molar-refractivity contribution < 1.29 is 0 Å². The summed E-state index contributed by atoms with van der Waals surface area (Å²) in [6, 6.07) is 88.6. The van der Waals surface area contributed by atoms with Crippen molar-refractivity contribution in [1.82, 2.24) is 4.57 Å². The van der Waals surface area contributed by atoms with Crippen molar-refractivity contribution in [3.63, 3.8) is 0 Å². The number of fused-ring (bicyclic) bond motifs is 6. The normalized spacial score (nSPS) is 11.5. The van der Waals surface area contributed by atoms with Crippen LogP contribution in [0.4, 0.5) is 17.1 Å². The fourth-order valence-electron chi connectivity index (χ4n) is 9.70. The lowest BCUT2D eigenvalue weighted by atomic mass is 9.93. The Balaban J connectivity index is 1.06. The first-order valence-electron chi connectivity index (χ1n) is 21.3. The number of para-hydroxylation sites is 3. The second kappa shape index (κ2) is 14.8. The Hall–Kier alpha value is -8.20. The molecule has 0 bridgehead atoms. The van der Waals surface area contributed by atoms with Crippen molar-refractivity contribution in [2.24, 2.45) is 0 Å². The van der Waals surface area contributed by atoms with E-state index >= 15 is 0 Å². The molecule has 1 heterocycles. The maximum atomic E-state index is 2.48. The van der Waals surface area contributed by atoms with E-state index in [0.29, 0.717) is 0 Å². The van der Waals surface area contributed by atoms with Crippen LogP contribution in [0.3, 0.4) is 0 Å². The van der Waals surface area contributed by atoms with Crippen LogP contribution in [0.2, 0.25) is 0 Å². The number of hydrogen-bond acceptors (Lipinski definition) is 1. The molecule has 2 heteroatoms. The molecule has 12 rings (SSSR count). The second-order valence-electron chi connectivity index (χ2n) is 16.1. The van der Waals surface area contributed by atoms with Gasteiger partial charge in [-0.2, -0.15) is 0 Å². The summed E-state index contributed by atoms with van der Waals surface area (Å²) >= 11 is 0. The summed E-state index contributed by atoms with van der Waals surface area (Å²) in [5.41, 5.74) is 14.0. The van der Waals surface area contributed by atoms with E-state index in [1.807, 2.05) is 0 Å². The summed E-state index contributed by atoms with van der Waals surface area (Å²) in [4.78, 5) is 2.48. The summed E-state index contributed by atoms with van der Waals surface area (Å²) in [6.07, 6.45) is 0. The highest BCUT2D eigenvalue weighted by atomic mass is 15.1. The number of benzene rings is 11. The van der Waals surface area contributed by atoms with E-state index in [1.165, 1.54) is 76.4 Å². The summed E-state index contributed by atoms with van der Waals surface area (Å²) < 4.78 is 2.40. The molecule has 62 heavy (non-hydrogen) atoms. The van der Waals surface area contributed by atoms with E-state index in [1.54, 1.807) is 0 Å². The largest absolute Gasteiger partial charge is 0.309 e. The quantitative estimate of drug-likeness (QED) is 0.156. The van der Waals surface area contributed by atoms with Gasteiger partial charge in [-0.3, -0.25) is 0 Å². The van der Waals surface area contributed by atoms with Gasteiger partial charge in [-0.15, -0.1) is 0 Å². The van der Waals surface area contributed by atoms with Gasteiger partial charge < -0.3 is 9.47 Å². The molecule has 0 saturated carbocycles. The second-order valence-corrected chi connectivity index (χ2v) is 16.1. The van der Waals surface area contributed by atoms with E-state index in [4.69, 9.17) is 0 Å². The predicted molar refractivity (Wildman–Crippen MR) is 264 cm³/mol. The van der Waals surface area contributed by atoms with Gasteiger partial charge in [0.1, 0.15) is 0 Å². The lowest BCUT2D eigenvalue weighted by molar-refractivity contribution is 1.18. The molecule has 0 N–H and O–H groups in total. The average molecular weight is 789 g/mol. The fraction of sp³-hybridized carbons (Fsp3) is 0. The van der Waals surface area contributed by atoms with Crippen LogP contribution in [0.1, 0.15) is 0 Å². The molecule has 290 valence electrons. The summed E-state index contributed by atoms with van der Waals surface area (Å²) in [6.45, 7) is 0. The highest BCUT2D eigenvalue weighted by molar-refractivity contribution is 6.11. The monoisotopic (exact) mass is 788 g/mol. The number of nitrogens with zero attached hydrogens (tertiary/aromatic N) is 2. The van der Waals surface area contributed by atoms with Gasteiger partial charge in [0.2, 0.25) is 0 Å². The van der Waals surface area contributed by atoms with Gasteiger partial charge >= 0.3 is 0 Å². The van der Waals surface area contributed by atoms with Gasteiger partial charge in [-0.1, -0.05) is 188 Å². The van der Waals surface area contributed by atoms with Crippen molar-refractivity contribution in [2.75, 3.05) is 4.90 Å². The van der Waals surface area contributed by atoms with Crippen molar-refractivity contribution in [3.8, 4) is 39.1 Å². The highest BCUT2D eigenvalue weighted by Crippen LogP contribution is 2.47. The smallest absolute Gasteiger partial charge is 0.0541 e. The molecule has 12 aromatic rings. The van der Waals surface area contributed by atoms with Crippen LogP contribution >= 0.6 is 0 Å². The number of anilines is 3. The van der Waals surface area contributed by atoms with Crippen LogP contribution in [-0.4, -0.2) is 4.57 Å². The van der Waals surface area contributed by atoms with E-state index in [9.17, 15) is 0 Å². The van der Waals surface area contributed by atoms with Crippen LogP contribution < -0.4 is 4.90 Å².